The molecule has 0 aliphatic carbocycles. The number of hydrogen-bond donors (Lipinski definition) is 1. The molecule has 0 saturated heterocycles. The molecular formula is C11H10BrN3O4. The maximum Gasteiger partial charge on any atom is 0.294 e. The lowest BCUT2D eigenvalue weighted by Gasteiger charge is -2.31. The molecule has 1 aliphatic heterocycles. The number of nitrogens with one attached hydrogen (secondary N) is 1. The zero-order chi connectivity index (χ0) is 14.0. The summed E-state index contributed by atoms with van der Waals surface area (Å²) in [5.41, 5.74) is 0.826. The van der Waals surface area contributed by atoms with E-state index in [0.717, 1.165) is 0 Å². The fourth-order valence-electron chi connectivity index (χ4n) is 2.23. The molecule has 0 bridgehead atoms. The molecule has 0 aromatic heterocycles. The van der Waals surface area contributed by atoms with Gasteiger partial charge in [-0.1, -0.05) is 15.9 Å². The quantitative estimate of drug-likeness (QED) is 0.507. The van der Waals surface area contributed by atoms with Gasteiger partial charge in [0, 0.05) is 17.1 Å². The highest BCUT2D eigenvalue weighted by Crippen LogP contribution is 2.37. The molecule has 0 spiro atoms. The van der Waals surface area contributed by atoms with Gasteiger partial charge in [-0.05, 0) is 18.1 Å². The van der Waals surface area contributed by atoms with E-state index in [0.29, 0.717) is 35.0 Å². The van der Waals surface area contributed by atoms with Gasteiger partial charge in [0.2, 0.25) is 12.8 Å². The van der Waals surface area contributed by atoms with Gasteiger partial charge in [0.1, 0.15) is 5.69 Å². The Morgan fingerprint density at radius 2 is 2.21 bits per heavy atom. The van der Waals surface area contributed by atoms with Crippen molar-refractivity contribution >= 4 is 40.1 Å². The summed E-state index contributed by atoms with van der Waals surface area (Å²) < 4.78 is 0.565. The number of carbonyl (C=O) groups excluding carboxylic acids is 2. The zero-order valence-electron chi connectivity index (χ0n) is 9.71. The predicted molar refractivity (Wildman–Crippen MR) is 70.9 cm³/mol. The summed E-state index contributed by atoms with van der Waals surface area (Å²) in [5.74, 6) is 0. The summed E-state index contributed by atoms with van der Waals surface area (Å²) in [6.45, 7) is 0.220. The van der Waals surface area contributed by atoms with Gasteiger partial charge in [-0.25, -0.2) is 0 Å². The molecule has 2 rings (SSSR count). The number of rotatable bonds is 4. The van der Waals surface area contributed by atoms with Gasteiger partial charge in [-0.3, -0.25) is 19.7 Å². The molecular weight excluding hydrogens is 318 g/mol. The van der Waals surface area contributed by atoms with E-state index in [9.17, 15) is 19.7 Å². The Morgan fingerprint density at radius 3 is 2.79 bits per heavy atom. The van der Waals surface area contributed by atoms with Crippen molar-refractivity contribution < 1.29 is 14.5 Å². The molecule has 19 heavy (non-hydrogen) atoms. The molecule has 0 saturated carbocycles. The van der Waals surface area contributed by atoms with E-state index in [1.54, 1.807) is 6.07 Å². The van der Waals surface area contributed by atoms with Crippen molar-refractivity contribution in [2.45, 2.75) is 12.5 Å². The highest BCUT2D eigenvalue weighted by molar-refractivity contribution is 9.10. The van der Waals surface area contributed by atoms with E-state index in [2.05, 4.69) is 21.2 Å². The van der Waals surface area contributed by atoms with Crippen LogP contribution in [-0.4, -0.2) is 30.3 Å². The van der Waals surface area contributed by atoms with Crippen molar-refractivity contribution in [2.24, 2.45) is 0 Å². The van der Waals surface area contributed by atoms with Gasteiger partial charge >= 0.3 is 0 Å². The molecule has 1 unspecified atom stereocenters. The monoisotopic (exact) mass is 327 g/mol. The first kappa shape index (κ1) is 13.5. The van der Waals surface area contributed by atoms with Crippen LogP contribution in [0.5, 0.6) is 0 Å². The fourth-order valence-corrected chi connectivity index (χ4v) is 2.72. The molecule has 1 aromatic rings. The third kappa shape index (κ3) is 2.58. The van der Waals surface area contributed by atoms with Crippen LogP contribution in [-0.2, 0) is 16.0 Å². The number of halogens is 1. The molecule has 0 radical (unpaired) electrons. The molecule has 7 nitrogen and oxygen atoms in total. The minimum Gasteiger partial charge on any atom is -0.354 e. The van der Waals surface area contributed by atoms with E-state index in [1.807, 2.05) is 0 Å². The van der Waals surface area contributed by atoms with Crippen LogP contribution >= 0.6 is 15.9 Å². The first-order valence-corrected chi connectivity index (χ1v) is 6.24. The van der Waals surface area contributed by atoms with Crippen LogP contribution < -0.4 is 10.2 Å². The van der Waals surface area contributed by atoms with Crippen molar-refractivity contribution in [1.82, 2.24) is 5.32 Å². The maximum atomic E-state index is 11.1. The standard InChI is InChI=1S/C11H10BrN3O4/c12-8-1-7-2-9(13-5-16)4-14(6-17)11(7)10(3-8)15(18)19/h1,3,5-6,9H,2,4H2,(H,13,16). The second-order valence-corrected chi connectivity index (χ2v) is 5.05. The Hall–Kier alpha value is -1.96. The highest BCUT2D eigenvalue weighted by atomic mass is 79.9. The second-order valence-electron chi connectivity index (χ2n) is 4.13. The van der Waals surface area contributed by atoms with Gasteiger partial charge < -0.3 is 10.2 Å². The Kier molecular flexibility index (Phi) is 3.79. The van der Waals surface area contributed by atoms with Crippen LogP contribution in [0.3, 0.4) is 0 Å². The fraction of sp³-hybridized carbons (Fsp3) is 0.273. The van der Waals surface area contributed by atoms with Crippen LogP contribution in [0.2, 0.25) is 0 Å². The minimum absolute atomic E-state index is 0.124. The van der Waals surface area contributed by atoms with Crippen molar-refractivity contribution in [2.75, 3.05) is 11.4 Å². The molecule has 2 amide bonds. The lowest BCUT2D eigenvalue weighted by Crippen LogP contribution is -2.45. The van der Waals surface area contributed by atoms with E-state index < -0.39 is 4.92 Å². The van der Waals surface area contributed by atoms with Gasteiger partial charge in [0.25, 0.3) is 5.69 Å². The molecule has 100 valence electrons. The van der Waals surface area contributed by atoms with E-state index >= 15 is 0 Å². The molecule has 1 atom stereocenters. The molecule has 0 fully saturated rings. The summed E-state index contributed by atoms with van der Waals surface area (Å²) in [6, 6.07) is 2.84. The average Bonchev–Trinajstić information content (AvgIpc) is 2.36. The van der Waals surface area contributed by atoms with Crippen LogP contribution in [0.25, 0.3) is 0 Å². The predicted octanol–water partition coefficient (Wildman–Crippen LogP) is 0.991. The van der Waals surface area contributed by atoms with Crippen molar-refractivity contribution in [3.05, 3.63) is 32.3 Å². The minimum atomic E-state index is -0.520. The number of nitro groups is 1. The molecule has 1 heterocycles. The number of hydrogen-bond acceptors (Lipinski definition) is 4. The Balaban J connectivity index is 2.53. The zero-order valence-corrected chi connectivity index (χ0v) is 11.3. The summed E-state index contributed by atoms with van der Waals surface area (Å²) in [7, 11) is 0. The SMILES string of the molecule is O=CNC1Cc2cc(Br)cc([N+](=O)[O-])c2N(C=O)C1. The van der Waals surface area contributed by atoms with Crippen molar-refractivity contribution in [3.63, 3.8) is 0 Å². The Morgan fingerprint density at radius 1 is 1.47 bits per heavy atom. The van der Waals surface area contributed by atoms with Crippen molar-refractivity contribution in [1.29, 1.82) is 0 Å². The van der Waals surface area contributed by atoms with E-state index in [1.165, 1.54) is 11.0 Å². The molecule has 8 heteroatoms. The number of nitro benzene ring substituents is 1. The number of benzene rings is 1. The van der Waals surface area contributed by atoms with Crippen LogP contribution in [0.15, 0.2) is 16.6 Å². The van der Waals surface area contributed by atoms with E-state index in [-0.39, 0.29) is 18.3 Å². The van der Waals surface area contributed by atoms with Crippen LogP contribution in [0.1, 0.15) is 5.56 Å². The summed E-state index contributed by atoms with van der Waals surface area (Å²) in [6.07, 6.45) is 1.54. The number of nitrogens with zero attached hydrogens (tertiary/aromatic N) is 2. The third-order valence-electron chi connectivity index (χ3n) is 2.93. The lowest BCUT2D eigenvalue weighted by molar-refractivity contribution is -0.384. The van der Waals surface area contributed by atoms with Gasteiger partial charge in [-0.15, -0.1) is 0 Å². The largest absolute Gasteiger partial charge is 0.354 e. The summed E-state index contributed by atoms with van der Waals surface area (Å²) >= 11 is 3.21. The normalized spacial score (nSPS) is 17.5. The van der Waals surface area contributed by atoms with Crippen LogP contribution in [0, 0.1) is 10.1 Å². The summed E-state index contributed by atoms with van der Waals surface area (Å²) in [4.78, 5) is 33.4. The van der Waals surface area contributed by atoms with Crippen LogP contribution in [0.4, 0.5) is 11.4 Å². The number of amides is 2. The second kappa shape index (κ2) is 5.35. The molecule has 1 aromatic carbocycles. The smallest absolute Gasteiger partial charge is 0.294 e. The number of carbonyl (C=O) groups is 2. The highest BCUT2D eigenvalue weighted by Gasteiger charge is 2.31. The maximum absolute atomic E-state index is 11.1. The van der Waals surface area contributed by atoms with Gasteiger partial charge in [-0.2, -0.15) is 0 Å². The lowest BCUT2D eigenvalue weighted by atomic mass is 9.97. The van der Waals surface area contributed by atoms with E-state index in [4.69, 9.17) is 0 Å². The number of fused-ring (bicyclic) bond motifs is 1. The number of anilines is 1. The molecule has 1 N–H and O–H groups in total. The topological polar surface area (TPSA) is 92.5 Å². The van der Waals surface area contributed by atoms with Gasteiger partial charge in [0.15, 0.2) is 0 Å². The Labute approximate surface area is 116 Å². The third-order valence-corrected chi connectivity index (χ3v) is 3.39. The van der Waals surface area contributed by atoms with Gasteiger partial charge in [0.05, 0.1) is 11.0 Å². The Bertz CT molecular complexity index is 549. The average molecular weight is 328 g/mol. The molecule has 1 aliphatic rings. The first-order valence-electron chi connectivity index (χ1n) is 5.45. The first-order chi connectivity index (χ1) is 9.06. The van der Waals surface area contributed by atoms with Crippen molar-refractivity contribution in [3.8, 4) is 0 Å². The summed E-state index contributed by atoms with van der Waals surface area (Å²) in [5, 5.41) is 13.7.